The molecule has 2 heteroatoms. The summed E-state index contributed by atoms with van der Waals surface area (Å²) in [5.74, 6) is 0. The smallest absolute Gasteiger partial charge is 0.0628 e. The van der Waals surface area contributed by atoms with Crippen LogP contribution in [0.2, 0.25) is 0 Å². The van der Waals surface area contributed by atoms with Crippen molar-refractivity contribution in [1.29, 1.82) is 0 Å². The van der Waals surface area contributed by atoms with E-state index in [1.165, 1.54) is 5.56 Å². The Morgan fingerprint density at radius 2 is 1.35 bits per heavy atom. The third kappa shape index (κ3) is 11.4. The zero-order chi connectivity index (χ0) is 15.6. The van der Waals surface area contributed by atoms with E-state index < -0.39 is 0 Å². The second kappa shape index (κ2) is 17.3. The highest BCUT2D eigenvalue weighted by Crippen LogP contribution is 1.96. The molecule has 0 aliphatic carbocycles. The lowest BCUT2D eigenvalue weighted by Crippen LogP contribution is -1.86. The fourth-order valence-electron chi connectivity index (χ4n) is 1.24. The standard InChI is InChI=1S/C8H10.C6H8N2.2C2H6/c1-2-8-6-4-3-5-7-8;1-2-6-4-3-5-7-8-6;2*1-2/h3-7H,2H2,1H3;3-5H,2H2,1H3;2*1-2H3. The predicted molar refractivity (Wildman–Crippen MR) is 89.9 cm³/mol. The van der Waals surface area contributed by atoms with E-state index in [1.807, 2.05) is 45.9 Å². The molecule has 1 aromatic heterocycles. The lowest BCUT2D eigenvalue weighted by Gasteiger charge is -1.89. The fraction of sp³-hybridized carbons (Fsp3) is 0.444. The van der Waals surface area contributed by atoms with Crippen LogP contribution in [0.15, 0.2) is 48.7 Å². The molecule has 0 aliphatic rings. The number of nitrogens with zero attached hydrogens (tertiary/aromatic N) is 2. The monoisotopic (exact) mass is 274 g/mol. The maximum atomic E-state index is 3.85. The van der Waals surface area contributed by atoms with E-state index in [0.717, 1.165) is 18.5 Å². The van der Waals surface area contributed by atoms with Gasteiger partial charge in [0.1, 0.15) is 0 Å². The highest BCUT2D eigenvalue weighted by molar-refractivity contribution is 5.13. The number of rotatable bonds is 2. The van der Waals surface area contributed by atoms with Crippen LogP contribution in [0, 0.1) is 0 Å². The van der Waals surface area contributed by atoms with Gasteiger partial charge < -0.3 is 0 Å². The van der Waals surface area contributed by atoms with Crippen molar-refractivity contribution in [3.8, 4) is 0 Å². The van der Waals surface area contributed by atoms with E-state index in [2.05, 4.69) is 48.3 Å². The van der Waals surface area contributed by atoms with Gasteiger partial charge in [-0.25, -0.2) is 0 Å². The summed E-state index contributed by atoms with van der Waals surface area (Å²) < 4.78 is 0. The summed E-state index contributed by atoms with van der Waals surface area (Å²) in [4.78, 5) is 0. The minimum atomic E-state index is 0.966. The van der Waals surface area contributed by atoms with Gasteiger partial charge in [0.15, 0.2) is 0 Å². The first-order valence-corrected chi connectivity index (χ1v) is 7.67. The van der Waals surface area contributed by atoms with Gasteiger partial charge in [0.25, 0.3) is 0 Å². The van der Waals surface area contributed by atoms with Gasteiger partial charge in [0.2, 0.25) is 0 Å². The van der Waals surface area contributed by atoms with Gasteiger partial charge >= 0.3 is 0 Å². The topological polar surface area (TPSA) is 25.8 Å². The summed E-state index contributed by atoms with van der Waals surface area (Å²) in [5.41, 5.74) is 2.46. The van der Waals surface area contributed by atoms with Crippen LogP contribution in [-0.2, 0) is 12.8 Å². The van der Waals surface area contributed by atoms with Crippen molar-refractivity contribution < 1.29 is 0 Å². The van der Waals surface area contributed by atoms with Crippen molar-refractivity contribution in [3.05, 3.63) is 59.9 Å². The molecule has 2 nitrogen and oxygen atoms in total. The van der Waals surface area contributed by atoms with Crippen LogP contribution in [0.3, 0.4) is 0 Å². The number of aryl methyl sites for hydroxylation is 2. The normalized spacial score (nSPS) is 7.90. The van der Waals surface area contributed by atoms with Crippen molar-refractivity contribution in [2.75, 3.05) is 0 Å². The molecule has 112 valence electrons. The quantitative estimate of drug-likeness (QED) is 0.738. The second-order valence-corrected chi connectivity index (χ2v) is 3.41. The van der Waals surface area contributed by atoms with Gasteiger partial charge in [-0.05, 0) is 30.5 Å². The first kappa shape index (κ1) is 20.6. The van der Waals surface area contributed by atoms with Gasteiger partial charge in [-0.1, -0.05) is 71.9 Å². The Morgan fingerprint density at radius 1 is 0.750 bits per heavy atom. The van der Waals surface area contributed by atoms with Crippen LogP contribution in [0.1, 0.15) is 52.8 Å². The number of hydrogen-bond donors (Lipinski definition) is 0. The second-order valence-electron chi connectivity index (χ2n) is 3.41. The van der Waals surface area contributed by atoms with Crippen LogP contribution in [0.25, 0.3) is 0 Å². The van der Waals surface area contributed by atoms with Crippen molar-refractivity contribution in [2.45, 2.75) is 54.4 Å². The third-order valence-corrected chi connectivity index (χ3v) is 2.24. The van der Waals surface area contributed by atoms with E-state index in [0.29, 0.717) is 0 Å². The molecule has 1 aromatic carbocycles. The number of benzene rings is 1. The molecule has 2 rings (SSSR count). The van der Waals surface area contributed by atoms with Crippen molar-refractivity contribution >= 4 is 0 Å². The minimum Gasteiger partial charge on any atom is -0.159 e. The molecule has 0 atom stereocenters. The molecule has 0 aliphatic heterocycles. The van der Waals surface area contributed by atoms with Crippen molar-refractivity contribution in [1.82, 2.24) is 10.2 Å². The molecule has 0 N–H and O–H groups in total. The van der Waals surface area contributed by atoms with Gasteiger partial charge in [-0.3, -0.25) is 0 Å². The Bertz CT molecular complexity index is 332. The van der Waals surface area contributed by atoms with Gasteiger partial charge in [-0.15, -0.1) is 0 Å². The summed E-state index contributed by atoms with van der Waals surface area (Å²) in [7, 11) is 0. The van der Waals surface area contributed by atoms with Crippen molar-refractivity contribution in [2.24, 2.45) is 0 Å². The van der Waals surface area contributed by atoms with E-state index in [9.17, 15) is 0 Å². The lowest BCUT2D eigenvalue weighted by molar-refractivity contribution is 0.919. The number of hydrogen-bond acceptors (Lipinski definition) is 2. The van der Waals surface area contributed by atoms with Crippen LogP contribution in [0.4, 0.5) is 0 Å². The maximum Gasteiger partial charge on any atom is 0.0628 e. The highest BCUT2D eigenvalue weighted by atomic mass is 15.1. The molecule has 0 amide bonds. The summed E-state index contributed by atoms with van der Waals surface area (Å²) in [6.45, 7) is 12.2. The number of aromatic nitrogens is 2. The van der Waals surface area contributed by atoms with Crippen LogP contribution in [-0.4, -0.2) is 10.2 Å². The SMILES string of the molecule is CC.CC.CCc1ccccc1.CCc1cccnn1. The van der Waals surface area contributed by atoms with Gasteiger partial charge in [0, 0.05) is 6.20 Å². The van der Waals surface area contributed by atoms with Crippen molar-refractivity contribution in [3.63, 3.8) is 0 Å². The molecule has 0 saturated carbocycles. The molecule has 0 saturated heterocycles. The Morgan fingerprint density at radius 3 is 1.65 bits per heavy atom. The first-order chi connectivity index (χ1) is 9.86. The summed E-state index contributed by atoms with van der Waals surface area (Å²) in [6, 6.07) is 14.3. The predicted octanol–water partition coefficient (Wildman–Crippen LogP) is 5.34. The Hall–Kier alpha value is -1.70. The fourth-order valence-corrected chi connectivity index (χ4v) is 1.24. The zero-order valence-electron chi connectivity index (χ0n) is 13.9. The Balaban J connectivity index is 0. The maximum absolute atomic E-state index is 3.85. The summed E-state index contributed by atoms with van der Waals surface area (Å²) in [6.07, 6.45) is 3.79. The largest absolute Gasteiger partial charge is 0.159 e. The molecule has 2 aromatic rings. The molecular weight excluding hydrogens is 244 g/mol. The van der Waals surface area contributed by atoms with E-state index in [1.54, 1.807) is 6.20 Å². The lowest BCUT2D eigenvalue weighted by atomic mass is 10.2. The van der Waals surface area contributed by atoms with E-state index in [-0.39, 0.29) is 0 Å². The first-order valence-electron chi connectivity index (χ1n) is 7.67. The highest BCUT2D eigenvalue weighted by Gasteiger charge is 1.83. The molecule has 0 bridgehead atoms. The summed E-state index contributed by atoms with van der Waals surface area (Å²) >= 11 is 0. The molecule has 0 radical (unpaired) electrons. The molecule has 1 heterocycles. The van der Waals surface area contributed by atoms with Crippen LogP contribution < -0.4 is 0 Å². The average Bonchev–Trinajstić information content (AvgIpc) is 2.60. The van der Waals surface area contributed by atoms with Gasteiger partial charge in [-0.2, -0.15) is 10.2 Å². The van der Waals surface area contributed by atoms with Crippen LogP contribution >= 0.6 is 0 Å². The minimum absolute atomic E-state index is 0.966. The van der Waals surface area contributed by atoms with Gasteiger partial charge in [0.05, 0.1) is 5.69 Å². The molecule has 0 fully saturated rings. The molecular formula is C18H30N2. The Kier molecular flexibility index (Phi) is 17.8. The molecule has 0 spiro atoms. The average molecular weight is 274 g/mol. The molecule has 20 heavy (non-hydrogen) atoms. The van der Waals surface area contributed by atoms with Crippen LogP contribution in [0.5, 0.6) is 0 Å². The van der Waals surface area contributed by atoms with E-state index >= 15 is 0 Å². The van der Waals surface area contributed by atoms with E-state index in [4.69, 9.17) is 0 Å². The molecule has 0 unspecified atom stereocenters. The Labute approximate surface area is 125 Å². The third-order valence-electron chi connectivity index (χ3n) is 2.24. The zero-order valence-corrected chi connectivity index (χ0v) is 13.9. The summed E-state index contributed by atoms with van der Waals surface area (Å²) in [5, 5.41) is 7.55.